The Bertz CT molecular complexity index is 1640. The number of amides is 1. The maximum Gasteiger partial charge on any atom is 0.264 e. The van der Waals surface area contributed by atoms with Crippen LogP contribution < -0.4 is 14.2 Å². The molecule has 2 aromatic heterocycles. The average molecular weight is 518 g/mol. The Labute approximate surface area is 215 Å². The molecular formula is C28H27N3O5S. The summed E-state index contributed by atoms with van der Waals surface area (Å²) in [6.45, 7) is 3.75. The second kappa shape index (κ2) is 9.15. The van der Waals surface area contributed by atoms with Crippen molar-refractivity contribution in [1.82, 2.24) is 14.7 Å². The average Bonchev–Trinajstić information content (AvgIpc) is 3.65. The zero-order valence-corrected chi connectivity index (χ0v) is 21.8. The summed E-state index contributed by atoms with van der Waals surface area (Å²) in [6.07, 6.45) is 0.366. The van der Waals surface area contributed by atoms with E-state index in [-0.39, 0.29) is 10.8 Å². The van der Waals surface area contributed by atoms with Crippen LogP contribution in [0.3, 0.4) is 0 Å². The van der Waals surface area contributed by atoms with Crippen LogP contribution in [0.2, 0.25) is 0 Å². The van der Waals surface area contributed by atoms with Gasteiger partial charge in [0.1, 0.15) is 5.75 Å². The summed E-state index contributed by atoms with van der Waals surface area (Å²) in [4.78, 5) is 23.0. The molecule has 0 saturated heterocycles. The molecule has 0 spiro atoms. The van der Waals surface area contributed by atoms with E-state index < -0.39 is 21.3 Å². The first-order chi connectivity index (χ1) is 17.7. The number of carbonyl (C=O) groups is 1. The first kappa shape index (κ1) is 24.7. The topological polar surface area (TPSA) is 107 Å². The lowest BCUT2D eigenvalue weighted by molar-refractivity contribution is -0.122. The fourth-order valence-electron chi connectivity index (χ4n) is 4.93. The highest BCUT2D eigenvalue weighted by Gasteiger charge is 2.64. The van der Waals surface area contributed by atoms with Gasteiger partial charge in [-0.25, -0.2) is 18.1 Å². The molecule has 4 aromatic rings. The highest BCUT2D eigenvalue weighted by Crippen LogP contribution is 2.62. The van der Waals surface area contributed by atoms with Crippen LogP contribution in [-0.2, 0) is 20.2 Å². The second-order valence-electron chi connectivity index (χ2n) is 9.25. The van der Waals surface area contributed by atoms with Crippen LogP contribution in [0, 0.1) is 13.8 Å². The maximum absolute atomic E-state index is 14.0. The Morgan fingerprint density at radius 2 is 1.76 bits per heavy atom. The molecule has 1 saturated carbocycles. The minimum atomic E-state index is -4.22. The molecule has 8 nitrogen and oxygen atoms in total. The number of methoxy groups -OCH3 is 2. The van der Waals surface area contributed by atoms with Gasteiger partial charge in [-0.2, -0.15) is 0 Å². The lowest BCUT2D eigenvalue weighted by atomic mass is 9.89. The Kier molecular flexibility index (Phi) is 6.11. The van der Waals surface area contributed by atoms with Gasteiger partial charge in [0, 0.05) is 34.3 Å². The number of aromatic nitrogens is 2. The van der Waals surface area contributed by atoms with Crippen LogP contribution in [0.15, 0.2) is 71.6 Å². The summed E-state index contributed by atoms with van der Waals surface area (Å²) in [6, 6.07) is 19.2. The molecule has 9 heteroatoms. The molecule has 0 bridgehead atoms. The number of benzene rings is 2. The maximum atomic E-state index is 14.0. The number of aryl methyl sites for hydroxylation is 2. The van der Waals surface area contributed by atoms with E-state index in [2.05, 4.69) is 14.7 Å². The molecule has 37 heavy (non-hydrogen) atoms. The van der Waals surface area contributed by atoms with E-state index >= 15 is 0 Å². The van der Waals surface area contributed by atoms with Crippen LogP contribution >= 0.6 is 0 Å². The molecule has 0 radical (unpaired) electrons. The molecule has 1 amide bonds. The summed E-state index contributed by atoms with van der Waals surface area (Å²) in [7, 11) is -1.17. The summed E-state index contributed by atoms with van der Waals surface area (Å²) >= 11 is 0. The van der Waals surface area contributed by atoms with Crippen molar-refractivity contribution in [3.63, 3.8) is 0 Å². The number of hydrogen-bond acceptors (Lipinski definition) is 7. The van der Waals surface area contributed by atoms with Gasteiger partial charge in [-0.1, -0.05) is 29.8 Å². The van der Waals surface area contributed by atoms with Crippen molar-refractivity contribution in [3.05, 3.63) is 89.2 Å². The Morgan fingerprint density at radius 3 is 2.51 bits per heavy atom. The van der Waals surface area contributed by atoms with E-state index in [0.29, 0.717) is 40.2 Å². The zero-order chi connectivity index (χ0) is 26.4. The number of hydrogen-bond donors (Lipinski definition) is 1. The monoisotopic (exact) mass is 517 g/mol. The largest absolute Gasteiger partial charge is 0.496 e. The van der Waals surface area contributed by atoms with Crippen LogP contribution in [0.4, 0.5) is 0 Å². The Hall–Kier alpha value is -3.98. The third-order valence-corrected chi connectivity index (χ3v) is 8.25. The Balaban J connectivity index is 1.60. The molecule has 1 aliphatic carbocycles. The van der Waals surface area contributed by atoms with Crippen molar-refractivity contribution in [2.45, 2.75) is 36.5 Å². The lowest BCUT2D eigenvalue weighted by Crippen LogP contribution is -2.40. The van der Waals surface area contributed by atoms with Crippen molar-refractivity contribution in [2.24, 2.45) is 0 Å². The number of rotatable bonds is 7. The Morgan fingerprint density at radius 1 is 0.973 bits per heavy atom. The lowest BCUT2D eigenvalue weighted by Gasteiger charge is -2.21. The number of nitrogens with zero attached hydrogens (tertiary/aromatic N) is 2. The van der Waals surface area contributed by atoms with Gasteiger partial charge in [0.25, 0.3) is 10.0 Å². The highest BCUT2D eigenvalue weighted by atomic mass is 32.2. The third-order valence-electron chi connectivity index (χ3n) is 6.86. The fourth-order valence-corrected chi connectivity index (χ4v) is 6.19. The van der Waals surface area contributed by atoms with Crippen LogP contribution in [-0.4, -0.2) is 38.5 Å². The summed E-state index contributed by atoms with van der Waals surface area (Å²) in [5.74, 6) is -0.0807. The van der Waals surface area contributed by atoms with Gasteiger partial charge >= 0.3 is 0 Å². The van der Waals surface area contributed by atoms with Gasteiger partial charge in [-0.05, 0) is 56.7 Å². The predicted octanol–water partition coefficient (Wildman–Crippen LogP) is 4.19. The SMILES string of the molecule is COc1cccc([C@H]2C[C@@]2(C(=O)NS(=O)(=O)c2cccc3nc(C)ccc23)c2cc(C)ccc2OC)n1. The van der Waals surface area contributed by atoms with Gasteiger partial charge in [0.2, 0.25) is 11.8 Å². The van der Waals surface area contributed by atoms with Crippen molar-refractivity contribution in [1.29, 1.82) is 0 Å². The molecule has 0 aliphatic heterocycles. The summed E-state index contributed by atoms with van der Waals surface area (Å²) in [5.41, 5.74) is 2.29. The van der Waals surface area contributed by atoms with Gasteiger partial charge in [0.15, 0.2) is 0 Å². The van der Waals surface area contributed by atoms with Gasteiger partial charge in [0.05, 0.1) is 30.0 Å². The zero-order valence-electron chi connectivity index (χ0n) is 21.0. The van der Waals surface area contributed by atoms with Gasteiger partial charge < -0.3 is 9.47 Å². The summed E-state index contributed by atoms with van der Waals surface area (Å²) < 4.78 is 40.4. The molecule has 2 atom stereocenters. The first-order valence-corrected chi connectivity index (χ1v) is 13.3. The number of ether oxygens (including phenoxy) is 2. The normalized spacial score (nSPS) is 18.9. The molecule has 2 aromatic carbocycles. The number of pyridine rings is 2. The van der Waals surface area contributed by atoms with Crippen LogP contribution in [0.5, 0.6) is 11.6 Å². The standard InChI is InChI=1S/C28H27N3O5S/c1-17-11-14-24(35-3)20(15-17)28(16-21(28)23-8-6-10-26(30-23)36-4)27(32)31-37(33,34)25-9-5-7-22-19(25)13-12-18(2)29-22/h5-15,21H,16H2,1-4H3,(H,31,32)/t21-,28-/m1/s1. The number of nitrogens with one attached hydrogen (secondary N) is 1. The van der Waals surface area contributed by atoms with E-state index in [0.717, 1.165) is 11.3 Å². The van der Waals surface area contributed by atoms with Crippen molar-refractivity contribution >= 4 is 26.8 Å². The van der Waals surface area contributed by atoms with Crippen molar-refractivity contribution in [2.75, 3.05) is 14.2 Å². The smallest absolute Gasteiger partial charge is 0.264 e. The molecule has 1 N–H and O–H groups in total. The van der Waals surface area contributed by atoms with Crippen LogP contribution in [0.25, 0.3) is 10.9 Å². The van der Waals surface area contributed by atoms with Gasteiger partial charge in [-0.3, -0.25) is 9.78 Å². The highest BCUT2D eigenvalue weighted by molar-refractivity contribution is 7.90. The third kappa shape index (κ3) is 4.29. The molecule has 1 aliphatic rings. The fraction of sp³-hybridized carbons (Fsp3) is 0.250. The molecule has 2 heterocycles. The molecule has 190 valence electrons. The molecule has 1 fully saturated rings. The van der Waals surface area contributed by atoms with Crippen molar-refractivity contribution < 1.29 is 22.7 Å². The van der Waals surface area contributed by atoms with E-state index in [1.54, 1.807) is 42.5 Å². The summed E-state index contributed by atoms with van der Waals surface area (Å²) in [5, 5.41) is 0.442. The number of sulfonamides is 1. The van der Waals surface area contributed by atoms with Crippen LogP contribution in [0.1, 0.15) is 34.9 Å². The van der Waals surface area contributed by atoms with Gasteiger partial charge in [-0.15, -0.1) is 0 Å². The first-order valence-electron chi connectivity index (χ1n) is 11.8. The van der Waals surface area contributed by atoms with Crippen molar-refractivity contribution in [3.8, 4) is 11.6 Å². The quantitative estimate of drug-likeness (QED) is 0.392. The van der Waals surface area contributed by atoms with E-state index in [9.17, 15) is 13.2 Å². The predicted molar refractivity (Wildman–Crippen MR) is 139 cm³/mol. The molecular weight excluding hydrogens is 490 g/mol. The minimum Gasteiger partial charge on any atom is -0.496 e. The van der Waals surface area contributed by atoms with E-state index in [4.69, 9.17) is 9.47 Å². The minimum absolute atomic E-state index is 0.00564. The number of fused-ring (bicyclic) bond motifs is 1. The molecule has 0 unspecified atom stereocenters. The second-order valence-corrected chi connectivity index (χ2v) is 10.9. The molecule has 5 rings (SSSR count). The van der Waals surface area contributed by atoms with E-state index in [1.165, 1.54) is 20.3 Å². The van der Waals surface area contributed by atoms with E-state index in [1.807, 2.05) is 32.0 Å². The number of carbonyl (C=O) groups excluding carboxylic acids is 1.